The number of hydrogen-bond donors (Lipinski definition) is 2. The van der Waals surface area contributed by atoms with Crippen LogP contribution in [0.3, 0.4) is 0 Å². The van der Waals surface area contributed by atoms with Gasteiger partial charge in [0.05, 0.1) is 10.9 Å². The standard InChI is InChI=1S/C15H18Cl3NO3S/c16-15(17,18)10-22-13(20)19-8-6-14(21,7-9-19)12(23)11-4-2-1-3-5-11/h1-5,12,21,23H,6-10H2. The number of carbonyl (C=O) groups is 1. The maximum absolute atomic E-state index is 11.9. The Kier molecular flexibility index (Phi) is 6.36. The summed E-state index contributed by atoms with van der Waals surface area (Å²) in [6.07, 6.45) is 0.256. The van der Waals surface area contributed by atoms with E-state index in [1.54, 1.807) is 0 Å². The van der Waals surface area contributed by atoms with E-state index in [9.17, 15) is 9.90 Å². The first kappa shape index (κ1) is 19.0. The number of carbonyl (C=O) groups excluding carboxylic acids is 1. The summed E-state index contributed by atoms with van der Waals surface area (Å²) in [4.78, 5) is 13.4. The average molecular weight is 399 g/mol. The van der Waals surface area contributed by atoms with Crippen LogP contribution in [0.5, 0.6) is 0 Å². The zero-order valence-corrected chi connectivity index (χ0v) is 15.5. The SMILES string of the molecule is O=C(OCC(Cl)(Cl)Cl)N1CCC(O)(C(S)c2ccccc2)CC1. The fourth-order valence-electron chi connectivity index (χ4n) is 2.53. The zero-order valence-electron chi connectivity index (χ0n) is 12.3. The molecule has 0 bridgehead atoms. The molecule has 1 aromatic carbocycles. The minimum atomic E-state index is -1.63. The van der Waals surface area contributed by atoms with Gasteiger partial charge in [0, 0.05) is 13.1 Å². The Morgan fingerprint density at radius 1 is 1.30 bits per heavy atom. The van der Waals surface area contributed by atoms with Crippen LogP contribution in [0.15, 0.2) is 30.3 Å². The summed E-state index contributed by atoms with van der Waals surface area (Å²) in [5.74, 6) is 0. The largest absolute Gasteiger partial charge is 0.445 e. The number of halogens is 3. The van der Waals surface area contributed by atoms with Crippen molar-refractivity contribution in [1.29, 1.82) is 0 Å². The Labute approximate surface area is 156 Å². The van der Waals surface area contributed by atoms with Crippen molar-refractivity contribution in [3.05, 3.63) is 35.9 Å². The van der Waals surface area contributed by atoms with Gasteiger partial charge in [-0.1, -0.05) is 65.1 Å². The number of aliphatic hydroxyl groups is 1. The fraction of sp³-hybridized carbons (Fsp3) is 0.533. The van der Waals surface area contributed by atoms with Gasteiger partial charge >= 0.3 is 6.09 Å². The number of benzene rings is 1. The monoisotopic (exact) mass is 397 g/mol. The number of rotatable bonds is 3. The zero-order chi connectivity index (χ0) is 17.1. The van der Waals surface area contributed by atoms with Crippen molar-refractivity contribution in [3.63, 3.8) is 0 Å². The minimum Gasteiger partial charge on any atom is -0.445 e. The van der Waals surface area contributed by atoms with Crippen LogP contribution in [0, 0.1) is 0 Å². The first-order valence-corrected chi connectivity index (χ1v) is 8.80. The van der Waals surface area contributed by atoms with Gasteiger partial charge in [-0.25, -0.2) is 4.79 Å². The van der Waals surface area contributed by atoms with E-state index >= 15 is 0 Å². The van der Waals surface area contributed by atoms with Gasteiger partial charge in [0.15, 0.2) is 0 Å². The molecule has 1 atom stereocenters. The first-order valence-electron chi connectivity index (χ1n) is 7.15. The van der Waals surface area contributed by atoms with Crippen LogP contribution in [0.1, 0.15) is 23.7 Å². The second-order valence-corrected chi connectivity index (χ2v) is 8.61. The number of nitrogens with zero attached hydrogens (tertiary/aromatic N) is 1. The fourth-order valence-corrected chi connectivity index (χ4v) is 3.12. The van der Waals surface area contributed by atoms with Gasteiger partial charge in [-0.3, -0.25) is 0 Å². The summed E-state index contributed by atoms with van der Waals surface area (Å²) in [5, 5.41) is 10.5. The molecule has 2 rings (SSSR count). The van der Waals surface area contributed by atoms with E-state index in [1.807, 2.05) is 30.3 Å². The quantitative estimate of drug-likeness (QED) is 0.598. The summed E-state index contributed by atoms with van der Waals surface area (Å²) in [7, 11) is 0. The third-order valence-electron chi connectivity index (χ3n) is 3.87. The summed E-state index contributed by atoms with van der Waals surface area (Å²) < 4.78 is 3.32. The van der Waals surface area contributed by atoms with Gasteiger partial charge in [0.2, 0.25) is 3.79 Å². The lowest BCUT2D eigenvalue weighted by molar-refractivity contribution is -0.0216. The highest BCUT2D eigenvalue weighted by atomic mass is 35.6. The number of hydrogen-bond acceptors (Lipinski definition) is 4. The number of piperidine rings is 1. The molecule has 1 fully saturated rings. The molecule has 0 aromatic heterocycles. The molecule has 1 amide bonds. The van der Waals surface area contributed by atoms with Gasteiger partial charge in [0.25, 0.3) is 0 Å². The molecule has 1 saturated heterocycles. The Morgan fingerprint density at radius 3 is 2.39 bits per heavy atom. The van der Waals surface area contributed by atoms with E-state index in [0.29, 0.717) is 25.9 Å². The van der Waals surface area contributed by atoms with Crippen LogP contribution in [-0.2, 0) is 4.74 Å². The lowest BCUT2D eigenvalue weighted by Crippen LogP contribution is -2.49. The third kappa shape index (κ3) is 5.33. The molecule has 1 unspecified atom stereocenters. The Balaban J connectivity index is 1.91. The molecule has 0 radical (unpaired) electrons. The number of ether oxygens (including phenoxy) is 1. The summed E-state index contributed by atoms with van der Waals surface area (Å²) >= 11 is 21.2. The molecule has 1 aliphatic heterocycles. The molecular weight excluding hydrogens is 381 g/mol. The maximum Gasteiger partial charge on any atom is 0.409 e. The number of alkyl halides is 3. The second kappa shape index (κ2) is 7.70. The van der Waals surface area contributed by atoms with Gasteiger partial charge in [0.1, 0.15) is 6.61 Å². The van der Waals surface area contributed by atoms with E-state index in [1.165, 1.54) is 4.90 Å². The first-order chi connectivity index (χ1) is 10.7. The summed E-state index contributed by atoms with van der Waals surface area (Å²) in [5.41, 5.74) is -0.0261. The summed E-state index contributed by atoms with van der Waals surface area (Å²) in [6.45, 7) is 0.411. The van der Waals surface area contributed by atoms with E-state index in [-0.39, 0.29) is 11.9 Å². The van der Waals surface area contributed by atoms with Crippen LogP contribution >= 0.6 is 47.4 Å². The van der Waals surface area contributed by atoms with Crippen molar-refractivity contribution in [3.8, 4) is 0 Å². The van der Waals surface area contributed by atoms with Crippen LogP contribution in [0.4, 0.5) is 4.79 Å². The van der Waals surface area contributed by atoms with Gasteiger partial charge in [-0.2, -0.15) is 12.6 Å². The lowest BCUT2D eigenvalue weighted by atomic mass is 9.85. The van der Waals surface area contributed by atoms with Crippen LogP contribution in [-0.4, -0.2) is 45.2 Å². The highest BCUT2D eigenvalue weighted by molar-refractivity contribution is 7.80. The third-order valence-corrected chi connectivity index (χ3v) is 4.98. The molecule has 1 aliphatic rings. The minimum absolute atomic E-state index is 0.309. The van der Waals surface area contributed by atoms with Gasteiger partial charge < -0.3 is 14.7 Å². The highest BCUT2D eigenvalue weighted by Gasteiger charge is 2.40. The molecule has 1 aromatic rings. The Bertz CT molecular complexity index is 531. The molecule has 4 nitrogen and oxygen atoms in total. The summed E-state index contributed by atoms with van der Waals surface area (Å²) in [6, 6.07) is 9.59. The van der Waals surface area contributed by atoms with Crippen molar-refractivity contribution in [2.45, 2.75) is 27.5 Å². The van der Waals surface area contributed by atoms with Crippen molar-refractivity contribution in [1.82, 2.24) is 4.90 Å². The predicted molar refractivity (Wildman–Crippen MR) is 95.6 cm³/mol. The normalized spacial score (nSPS) is 19.3. The number of thiol groups is 1. The van der Waals surface area contributed by atoms with E-state index < -0.39 is 15.5 Å². The average Bonchev–Trinajstić information content (AvgIpc) is 2.53. The molecule has 0 spiro atoms. The second-order valence-electron chi connectivity index (χ2n) is 5.57. The Morgan fingerprint density at radius 2 is 1.87 bits per heavy atom. The van der Waals surface area contributed by atoms with Gasteiger partial charge in [-0.15, -0.1) is 0 Å². The van der Waals surface area contributed by atoms with E-state index in [4.69, 9.17) is 39.5 Å². The molecule has 1 heterocycles. The molecule has 0 aliphatic carbocycles. The molecule has 128 valence electrons. The molecular formula is C15H18Cl3NO3S. The molecule has 1 N–H and O–H groups in total. The van der Waals surface area contributed by atoms with Crippen molar-refractivity contribution in [2.24, 2.45) is 0 Å². The molecule has 0 saturated carbocycles. The van der Waals surface area contributed by atoms with Crippen LogP contribution < -0.4 is 0 Å². The smallest absolute Gasteiger partial charge is 0.409 e. The molecule has 23 heavy (non-hydrogen) atoms. The predicted octanol–water partition coefficient (Wildman–Crippen LogP) is 3.99. The van der Waals surface area contributed by atoms with E-state index in [0.717, 1.165) is 5.56 Å². The Hall–Kier alpha value is -0.330. The van der Waals surface area contributed by atoms with Crippen molar-refractivity contribution < 1.29 is 14.6 Å². The lowest BCUT2D eigenvalue weighted by Gasteiger charge is -2.41. The van der Waals surface area contributed by atoms with E-state index in [2.05, 4.69) is 12.6 Å². The van der Waals surface area contributed by atoms with Crippen LogP contribution in [0.2, 0.25) is 0 Å². The topological polar surface area (TPSA) is 49.8 Å². The number of likely N-dealkylation sites (tertiary alicyclic amines) is 1. The van der Waals surface area contributed by atoms with Crippen molar-refractivity contribution in [2.75, 3.05) is 19.7 Å². The molecule has 8 heteroatoms. The van der Waals surface area contributed by atoms with Crippen molar-refractivity contribution >= 4 is 53.5 Å². The maximum atomic E-state index is 11.9. The number of amides is 1. The van der Waals surface area contributed by atoms with Gasteiger partial charge in [-0.05, 0) is 18.4 Å². The van der Waals surface area contributed by atoms with Crippen LogP contribution in [0.25, 0.3) is 0 Å². The highest BCUT2D eigenvalue weighted by Crippen LogP contribution is 2.39.